The van der Waals surface area contributed by atoms with Crippen LogP contribution in [-0.4, -0.2) is 18.1 Å². The molecule has 4 nitrogen and oxygen atoms in total. The van der Waals surface area contributed by atoms with Gasteiger partial charge in [0.05, 0.1) is 12.6 Å². The Hall–Kier alpha value is -1.81. The Balaban J connectivity index is 2.54. The fraction of sp³-hybridized carbons (Fsp3) is 0.308. The number of aromatic amines is 1. The Morgan fingerprint density at radius 1 is 1.41 bits per heavy atom. The molecule has 0 aliphatic rings. The number of fused-ring (bicyclic) bond motifs is 1. The van der Waals surface area contributed by atoms with Gasteiger partial charge in [-0.25, -0.2) is 0 Å². The van der Waals surface area contributed by atoms with E-state index in [0.29, 0.717) is 6.42 Å². The summed E-state index contributed by atoms with van der Waals surface area (Å²) in [7, 11) is 1.60. The van der Waals surface area contributed by atoms with Crippen molar-refractivity contribution < 1.29 is 4.74 Å². The zero-order valence-corrected chi connectivity index (χ0v) is 9.99. The summed E-state index contributed by atoms with van der Waals surface area (Å²) in [6.07, 6.45) is 0.581. The summed E-state index contributed by atoms with van der Waals surface area (Å²) in [5.74, 6) is 0.730. The highest BCUT2D eigenvalue weighted by molar-refractivity contribution is 5.80. The predicted octanol–water partition coefficient (Wildman–Crippen LogP) is 1.43. The average molecular weight is 232 g/mol. The Morgan fingerprint density at radius 3 is 2.82 bits per heavy atom. The molecule has 2 rings (SSSR count). The van der Waals surface area contributed by atoms with Gasteiger partial charge in [0.25, 0.3) is 5.56 Å². The molecule has 0 aliphatic carbocycles. The molecule has 17 heavy (non-hydrogen) atoms. The Bertz CT molecular complexity index is 587. The summed E-state index contributed by atoms with van der Waals surface area (Å²) >= 11 is 0. The van der Waals surface area contributed by atoms with E-state index >= 15 is 0 Å². The molecule has 4 heteroatoms. The average Bonchev–Trinajstić information content (AvgIpc) is 2.29. The van der Waals surface area contributed by atoms with E-state index in [9.17, 15) is 4.79 Å². The van der Waals surface area contributed by atoms with Crippen molar-refractivity contribution in [2.75, 3.05) is 7.11 Å². The zero-order chi connectivity index (χ0) is 12.4. The van der Waals surface area contributed by atoms with E-state index in [0.717, 1.165) is 22.2 Å². The number of nitrogens with two attached hydrogens (primary N) is 1. The van der Waals surface area contributed by atoms with Gasteiger partial charge in [-0.1, -0.05) is 0 Å². The van der Waals surface area contributed by atoms with Crippen LogP contribution in [-0.2, 0) is 6.42 Å². The van der Waals surface area contributed by atoms with Crippen molar-refractivity contribution in [2.24, 2.45) is 5.73 Å². The summed E-state index contributed by atoms with van der Waals surface area (Å²) in [6, 6.07) is 7.47. The van der Waals surface area contributed by atoms with Crippen LogP contribution in [0.2, 0.25) is 0 Å². The number of hydrogen-bond acceptors (Lipinski definition) is 3. The first kappa shape index (κ1) is 11.7. The molecule has 2 aromatic rings. The van der Waals surface area contributed by atoms with E-state index in [4.69, 9.17) is 10.5 Å². The molecule has 90 valence electrons. The molecular formula is C13H16N2O2. The normalized spacial score (nSPS) is 12.6. The molecule has 0 saturated carbocycles. The maximum atomic E-state index is 11.8. The third-order valence-electron chi connectivity index (χ3n) is 2.67. The summed E-state index contributed by atoms with van der Waals surface area (Å²) < 4.78 is 5.11. The van der Waals surface area contributed by atoms with Gasteiger partial charge in [0, 0.05) is 17.7 Å². The third-order valence-corrected chi connectivity index (χ3v) is 2.67. The fourth-order valence-corrected chi connectivity index (χ4v) is 1.85. The van der Waals surface area contributed by atoms with Gasteiger partial charge in [-0.15, -0.1) is 0 Å². The van der Waals surface area contributed by atoms with E-state index in [2.05, 4.69) is 4.98 Å². The molecular weight excluding hydrogens is 216 g/mol. The molecule has 0 fully saturated rings. The number of rotatable bonds is 3. The van der Waals surface area contributed by atoms with Crippen LogP contribution in [0.3, 0.4) is 0 Å². The van der Waals surface area contributed by atoms with Gasteiger partial charge >= 0.3 is 0 Å². The van der Waals surface area contributed by atoms with Crippen molar-refractivity contribution in [1.82, 2.24) is 4.98 Å². The van der Waals surface area contributed by atoms with Crippen molar-refractivity contribution in [2.45, 2.75) is 19.4 Å². The molecule has 1 aromatic carbocycles. The quantitative estimate of drug-likeness (QED) is 0.841. The van der Waals surface area contributed by atoms with Crippen molar-refractivity contribution >= 4 is 10.9 Å². The monoisotopic (exact) mass is 232 g/mol. The van der Waals surface area contributed by atoms with Crippen molar-refractivity contribution in [3.8, 4) is 5.75 Å². The molecule has 0 spiro atoms. The van der Waals surface area contributed by atoms with Gasteiger partial charge < -0.3 is 15.5 Å². The van der Waals surface area contributed by atoms with Gasteiger partial charge in [0.15, 0.2) is 0 Å². The van der Waals surface area contributed by atoms with Crippen molar-refractivity contribution in [3.63, 3.8) is 0 Å². The third kappa shape index (κ3) is 2.47. The maximum Gasteiger partial charge on any atom is 0.251 e. The molecule has 0 bridgehead atoms. The molecule has 1 unspecified atom stereocenters. The van der Waals surface area contributed by atoms with E-state index < -0.39 is 0 Å². The number of hydrogen-bond donors (Lipinski definition) is 2. The maximum absolute atomic E-state index is 11.8. The molecule has 0 radical (unpaired) electrons. The number of benzene rings is 1. The Labute approximate surface area is 99.4 Å². The second-order valence-corrected chi connectivity index (χ2v) is 4.26. The highest BCUT2D eigenvalue weighted by atomic mass is 16.5. The van der Waals surface area contributed by atoms with Gasteiger partial charge in [-0.2, -0.15) is 0 Å². The molecule has 1 heterocycles. The van der Waals surface area contributed by atoms with Crippen LogP contribution in [0.25, 0.3) is 10.9 Å². The van der Waals surface area contributed by atoms with E-state index in [1.54, 1.807) is 7.11 Å². The predicted molar refractivity (Wildman–Crippen MR) is 68.5 cm³/mol. The smallest absolute Gasteiger partial charge is 0.251 e. The number of methoxy groups -OCH3 is 1. The highest BCUT2D eigenvalue weighted by Crippen LogP contribution is 2.18. The van der Waals surface area contributed by atoms with E-state index in [1.807, 2.05) is 31.2 Å². The minimum absolute atomic E-state index is 0.0215. The number of pyridine rings is 1. The van der Waals surface area contributed by atoms with Crippen LogP contribution in [0.1, 0.15) is 12.5 Å². The number of nitrogens with one attached hydrogen (secondary N) is 1. The Kier molecular flexibility index (Phi) is 3.15. The van der Waals surface area contributed by atoms with Crippen LogP contribution in [0.4, 0.5) is 0 Å². The molecule has 3 N–H and O–H groups in total. The van der Waals surface area contributed by atoms with Crippen molar-refractivity contribution in [3.05, 3.63) is 40.2 Å². The topological polar surface area (TPSA) is 68.1 Å². The van der Waals surface area contributed by atoms with Gasteiger partial charge in [-0.3, -0.25) is 4.79 Å². The lowest BCUT2D eigenvalue weighted by Gasteiger charge is -2.07. The first-order valence-electron chi connectivity index (χ1n) is 5.55. The van der Waals surface area contributed by atoms with Crippen LogP contribution in [0, 0.1) is 0 Å². The van der Waals surface area contributed by atoms with Crippen LogP contribution in [0.15, 0.2) is 29.1 Å². The summed E-state index contributed by atoms with van der Waals surface area (Å²) in [6.45, 7) is 1.89. The number of ether oxygens (including phenoxy) is 1. The molecule has 1 aromatic heterocycles. The second-order valence-electron chi connectivity index (χ2n) is 4.26. The van der Waals surface area contributed by atoms with Gasteiger partial charge in [0.1, 0.15) is 5.75 Å². The highest BCUT2D eigenvalue weighted by Gasteiger charge is 2.06. The Morgan fingerprint density at radius 2 is 2.18 bits per heavy atom. The molecule has 0 saturated heterocycles. The van der Waals surface area contributed by atoms with E-state index in [1.165, 1.54) is 0 Å². The minimum Gasteiger partial charge on any atom is -0.497 e. The molecule has 1 atom stereocenters. The van der Waals surface area contributed by atoms with Crippen LogP contribution < -0.4 is 16.0 Å². The summed E-state index contributed by atoms with van der Waals surface area (Å²) in [4.78, 5) is 14.7. The minimum atomic E-state index is -0.0805. The standard InChI is InChI=1S/C13H16N2O2/c1-8(14)5-10-6-9-3-4-11(17-2)7-12(9)15-13(10)16/h3-4,6-8H,5,14H2,1-2H3,(H,15,16). The van der Waals surface area contributed by atoms with Crippen molar-refractivity contribution in [1.29, 1.82) is 0 Å². The number of aromatic nitrogens is 1. The van der Waals surface area contributed by atoms with Gasteiger partial charge in [0.2, 0.25) is 0 Å². The SMILES string of the molecule is COc1ccc2cc(CC(C)N)c(=O)[nH]c2c1. The lowest BCUT2D eigenvalue weighted by molar-refractivity contribution is 0.415. The van der Waals surface area contributed by atoms with Crippen LogP contribution in [0.5, 0.6) is 5.75 Å². The largest absolute Gasteiger partial charge is 0.497 e. The number of H-pyrrole nitrogens is 1. The summed E-state index contributed by atoms with van der Waals surface area (Å²) in [5.41, 5.74) is 7.13. The van der Waals surface area contributed by atoms with Gasteiger partial charge in [-0.05, 0) is 36.9 Å². The van der Waals surface area contributed by atoms with E-state index in [-0.39, 0.29) is 11.6 Å². The second kappa shape index (κ2) is 4.59. The first-order valence-corrected chi connectivity index (χ1v) is 5.55. The lowest BCUT2D eigenvalue weighted by Crippen LogP contribution is -2.23. The van der Waals surface area contributed by atoms with Crippen LogP contribution >= 0.6 is 0 Å². The molecule has 0 amide bonds. The zero-order valence-electron chi connectivity index (χ0n) is 9.99. The summed E-state index contributed by atoms with van der Waals surface area (Å²) in [5, 5.41) is 0.987. The first-order chi connectivity index (χ1) is 8.10. The molecule has 0 aliphatic heterocycles. The fourth-order valence-electron chi connectivity index (χ4n) is 1.85. The lowest BCUT2D eigenvalue weighted by atomic mass is 10.1.